The van der Waals surface area contributed by atoms with Gasteiger partial charge >= 0.3 is 0 Å². The van der Waals surface area contributed by atoms with E-state index in [1.165, 1.54) is 5.56 Å². The van der Waals surface area contributed by atoms with E-state index in [2.05, 4.69) is 27.1 Å². The van der Waals surface area contributed by atoms with Gasteiger partial charge in [-0.15, -0.1) is 0 Å². The standard InChI is InChI=1S/C22H23N5O/c1-17-21(27-13-6-5-11-20(27)25-17)22(28)26(15-19-14-23-16-24-19)12-7-10-18-8-3-2-4-9-18/h2-6,8-9,11,13-14,16H,7,10,12,15H2,1H3,(H,23,24). The number of aromatic nitrogens is 4. The van der Waals surface area contributed by atoms with Crippen LogP contribution in [0.15, 0.2) is 67.3 Å². The molecule has 142 valence electrons. The van der Waals surface area contributed by atoms with Gasteiger partial charge < -0.3 is 9.88 Å². The maximum Gasteiger partial charge on any atom is 0.273 e. The van der Waals surface area contributed by atoms with Gasteiger partial charge in [-0.25, -0.2) is 9.97 Å². The number of carbonyl (C=O) groups excluding carboxylic acids is 1. The van der Waals surface area contributed by atoms with Gasteiger partial charge in [0, 0.05) is 18.9 Å². The Hall–Kier alpha value is -3.41. The fraction of sp³-hybridized carbons (Fsp3) is 0.227. The van der Waals surface area contributed by atoms with E-state index in [0.29, 0.717) is 18.8 Å². The minimum Gasteiger partial charge on any atom is -0.347 e. The van der Waals surface area contributed by atoms with E-state index in [1.807, 2.05) is 58.8 Å². The number of amides is 1. The molecule has 0 bridgehead atoms. The van der Waals surface area contributed by atoms with Gasteiger partial charge in [-0.05, 0) is 37.5 Å². The van der Waals surface area contributed by atoms with Gasteiger partial charge in [0.1, 0.15) is 11.3 Å². The van der Waals surface area contributed by atoms with E-state index in [0.717, 1.165) is 29.9 Å². The first-order valence-corrected chi connectivity index (χ1v) is 9.46. The van der Waals surface area contributed by atoms with Crippen LogP contribution < -0.4 is 0 Å². The molecule has 1 amide bonds. The lowest BCUT2D eigenvalue weighted by atomic mass is 10.1. The number of aryl methyl sites for hydroxylation is 2. The lowest BCUT2D eigenvalue weighted by Gasteiger charge is -2.22. The lowest BCUT2D eigenvalue weighted by Crippen LogP contribution is -2.33. The maximum atomic E-state index is 13.4. The quantitative estimate of drug-likeness (QED) is 0.538. The summed E-state index contributed by atoms with van der Waals surface area (Å²) < 4.78 is 1.87. The summed E-state index contributed by atoms with van der Waals surface area (Å²) in [5, 5.41) is 0. The third-order valence-electron chi connectivity index (χ3n) is 4.85. The van der Waals surface area contributed by atoms with Gasteiger partial charge in [0.15, 0.2) is 0 Å². The van der Waals surface area contributed by atoms with Crippen molar-refractivity contribution in [2.45, 2.75) is 26.3 Å². The van der Waals surface area contributed by atoms with Crippen LogP contribution in [0.1, 0.15) is 33.9 Å². The van der Waals surface area contributed by atoms with Crippen molar-refractivity contribution < 1.29 is 4.79 Å². The first-order chi connectivity index (χ1) is 13.7. The Labute approximate surface area is 163 Å². The van der Waals surface area contributed by atoms with E-state index in [-0.39, 0.29) is 5.91 Å². The SMILES string of the molecule is Cc1nc2ccccn2c1C(=O)N(CCCc1ccccc1)Cc1cnc[nH]1. The summed E-state index contributed by atoms with van der Waals surface area (Å²) in [6, 6.07) is 16.1. The summed E-state index contributed by atoms with van der Waals surface area (Å²) in [4.78, 5) is 27.0. The van der Waals surface area contributed by atoms with Gasteiger partial charge in [-0.3, -0.25) is 9.20 Å². The van der Waals surface area contributed by atoms with Crippen molar-refractivity contribution in [1.29, 1.82) is 0 Å². The largest absolute Gasteiger partial charge is 0.347 e. The first-order valence-electron chi connectivity index (χ1n) is 9.46. The Bertz CT molecular complexity index is 1050. The molecule has 0 aliphatic rings. The Balaban J connectivity index is 1.56. The van der Waals surface area contributed by atoms with Crippen LogP contribution in [0.25, 0.3) is 5.65 Å². The normalized spacial score (nSPS) is 11.0. The highest BCUT2D eigenvalue weighted by atomic mass is 16.2. The first kappa shape index (κ1) is 18.0. The molecule has 0 fully saturated rings. The van der Waals surface area contributed by atoms with Crippen LogP contribution >= 0.6 is 0 Å². The number of aromatic amines is 1. The van der Waals surface area contributed by atoms with E-state index in [9.17, 15) is 4.79 Å². The number of H-pyrrole nitrogens is 1. The third kappa shape index (κ3) is 3.81. The van der Waals surface area contributed by atoms with Gasteiger partial charge in [0.05, 0.1) is 24.3 Å². The molecule has 0 spiro atoms. The number of carbonyl (C=O) groups is 1. The Kier molecular flexibility index (Phi) is 5.19. The molecule has 3 aromatic heterocycles. The summed E-state index contributed by atoms with van der Waals surface area (Å²) in [5.41, 5.74) is 4.35. The van der Waals surface area contributed by atoms with E-state index < -0.39 is 0 Å². The summed E-state index contributed by atoms with van der Waals surface area (Å²) in [5.74, 6) is -0.0149. The molecule has 6 nitrogen and oxygen atoms in total. The van der Waals surface area contributed by atoms with Crippen LogP contribution in [0.5, 0.6) is 0 Å². The molecule has 6 heteroatoms. The monoisotopic (exact) mass is 373 g/mol. The summed E-state index contributed by atoms with van der Waals surface area (Å²) in [6.07, 6.45) is 7.11. The molecule has 0 aliphatic heterocycles. The van der Waals surface area contributed by atoms with Crippen LogP contribution in [0.2, 0.25) is 0 Å². The molecule has 28 heavy (non-hydrogen) atoms. The number of rotatable bonds is 7. The van der Waals surface area contributed by atoms with Crippen LogP contribution in [-0.2, 0) is 13.0 Å². The highest BCUT2D eigenvalue weighted by Gasteiger charge is 2.23. The molecule has 0 saturated carbocycles. The number of pyridine rings is 1. The number of hydrogen-bond donors (Lipinski definition) is 1. The van der Waals surface area contributed by atoms with Crippen molar-refractivity contribution in [3.63, 3.8) is 0 Å². The summed E-state index contributed by atoms with van der Waals surface area (Å²) >= 11 is 0. The number of imidazole rings is 2. The molecule has 4 aromatic rings. The Morgan fingerprint density at radius 3 is 2.75 bits per heavy atom. The predicted octanol–water partition coefficient (Wildman–Crippen LogP) is 3.64. The van der Waals surface area contributed by atoms with Crippen molar-refractivity contribution in [3.8, 4) is 0 Å². The smallest absolute Gasteiger partial charge is 0.273 e. The number of hydrogen-bond acceptors (Lipinski definition) is 3. The summed E-state index contributed by atoms with van der Waals surface area (Å²) in [6.45, 7) is 3.04. The molecule has 0 atom stereocenters. The zero-order chi connectivity index (χ0) is 19.3. The summed E-state index contributed by atoms with van der Waals surface area (Å²) in [7, 11) is 0. The molecular formula is C22H23N5O. The van der Waals surface area contributed by atoms with Crippen LogP contribution in [0.3, 0.4) is 0 Å². The van der Waals surface area contributed by atoms with E-state index >= 15 is 0 Å². The van der Waals surface area contributed by atoms with Gasteiger partial charge in [-0.2, -0.15) is 0 Å². The lowest BCUT2D eigenvalue weighted by molar-refractivity contribution is 0.0731. The van der Waals surface area contributed by atoms with Gasteiger partial charge in [0.2, 0.25) is 0 Å². The molecule has 0 aliphatic carbocycles. The fourth-order valence-corrected chi connectivity index (χ4v) is 3.47. The zero-order valence-corrected chi connectivity index (χ0v) is 15.9. The molecule has 0 unspecified atom stereocenters. The molecular weight excluding hydrogens is 350 g/mol. The third-order valence-corrected chi connectivity index (χ3v) is 4.85. The maximum absolute atomic E-state index is 13.4. The highest BCUT2D eigenvalue weighted by Crippen LogP contribution is 2.16. The second-order valence-electron chi connectivity index (χ2n) is 6.87. The molecule has 4 rings (SSSR count). The molecule has 1 N–H and O–H groups in total. The van der Waals surface area contributed by atoms with Crippen LogP contribution in [-0.4, -0.2) is 36.7 Å². The van der Waals surface area contributed by atoms with E-state index in [1.54, 1.807) is 12.5 Å². The van der Waals surface area contributed by atoms with Crippen molar-refractivity contribution in [1.82, 2.24) is 24.3 Å². The van der Waals surface area contributed by atoms with Crippen molar-refractivity contribution in [2.24, 2.45) is 0 Å². The van der Waals surface area contributed by atoms with Gasteiger partial charge in [0.25, 0.3) is 5.91 Å². The minimum atomic E-state index is -0.0149. The zero-order valence-electron chi connectivity index (χ0n) is 15.9. The molecule has 3 heterocycles. The predicted molar refractivity (Wildman–Crippen MR) is 108 cm³/mol. The number of nitrogens with zero attached hydrogens (tertiary/aromatic N) is 4. The number of nitrogens with one attached hydrogen (secondary N) is 1. The van der Waals surface area contributed by atoms with Crippen molar-refractivity contribution in [3.05, 3.63) is 89.9 Å². The average molecular weight is 373 g/mol. The van der Waals surface area contributed by atoms with Crippen molar-refractivity contribution >= 4 is 11.6 Å². The Morgan fingerprint density at radius 2 is 1.96 bits per heavy atom. The number of fused-ring (bicyclic) bond motifs is 1. The van der Waals surface area contributed by atoms with Crippen LogP contribution in [0.4, 0.5) is 0 Å². The molecule has 0 radical (unpaired) electrons. The number of benzene rings is 1. The van der Waals surface area contributed by atoms with Crippen LogP contribution in [0, 0.1) is 6.92 Å². The molecule has 0 saturated heterocycles. The Morgan fingerprint density at radius 1 is 1.14 bits per heavy atom. The second-order valence-corrected chi connectivity index (χ2v) is 6.87. The topological polar surface area (TPSA) is 66.3 Å². The van der Waals surface area contributed by atoms with Gasteiger partial charge in [-0.1, -0.05) is 36.4 Å². The average Bonchev–Trinajstić information content (AvgIpc) is 3.34. The minimum absolute atomic E-state index is 0.0149. The fourth-order valence-electron chi connectivity index (χ4n) is 3.47. The van der Waals surface area contributed by atoms with E-state index in [4.69, 9.17) is 0 Å². The molecule has 1 aromatic carbocycles. The second kappa shape index (κ2) is 8.08. The van der Waals surface area contributed by atoms with Crippen molar-refractivity contribution in [2.75, 3.05) is 6.54 Å². The highest BCUT2D eigenvalue weighted by molar-refractivity contribution is 5.94.